The van der Waals surface area contributed by atoms with Gasteiger partial charge >= 0.3 is 12.1 Å². The zero-order valence-electron chi connectivity index (χ0n) is 19.0. The molecular formula is C26H23F3N2O4. The highest BCUT2D eigenvalue weighted by atomic mass is 19.4. The maximum atomic E-state index is 13.9. The van der Waals surface area contributed by atoms with Crippen molar-refractivity contribution < 1.29 is 32.7 Å². The van der Waals surface area contributed by atoms with Crippen LogP contribution in [0.4, 0.5) is 18.9 Å². The molecule has 0 aromatic heterocycles. The van der Waals surface area contributed by atoms with Crippen LogP contribution in [0.1, 0.15) is 38.3 Å². The molecule has 0 fully saturated rings. The number of halogens is 3. The molecule has 0 bridgehead atoms. The molecule has 0 spiro atoms. The molecule has 0 radical (unpaired) electrons. The van der Waals surface area contributed by atoms with Gasteiger partial charge < -0.3 is 15.3 Å². The fourth-order valence-corrected chi connectivity index (χ4v) is 3.60. The van der Waals surface area contributed by atoms with Gasteiger partial charge in [-0.1, -0.05) is 48.5 Å². The summed E-state index contributed by atoms with van der Waals surface area (Å²) in [6.45, 7) is 0. The van der Waals surface area contributed by atoms with Gasteiger partial charge in [0.2, 0.25) is 0 Å². The lowest BCUT2D eigenvalue weighted by molar-refractivity contribution is -0.138. The summed E-state index contributed by atoms with van der Waals surface area (Å²) in [6.07, 6.45) is -4.81. The monoisotopic (exact) mass is 484 g/mol. The first-order chi connectivity index (χ1) is 16.5. The number of carboxylic acids is 1. The van der Waals surface area contributed by atoms with E-state index in [-0.39, 0.29) is 29.7 Å². The van der Waals surface area contributed by atoms with Crippen molar-refractivity contribution in [2.75, 3.05) is 19.4 Å². The van der Waals surface area contributed by atoms with Gasteiger partial charge in [-0.3, -0.25) is 14.4 Å². The van der Waals surface area contributed by atoms with Gasteiger partial charge in [-0.2, -0.15) is 13.2 Å². The fourth-order valence-electron chi connectivity index (χ4n) is 3.60. The molecule has 0 aliphatic carbocycles. The minimum Gasteiger partial charge on any atom is -0.481 e. The molecule has 0 unspecified atom stereocenters. The highest BCUT2D eigenvalue weighted by Gasteiger charge is 2.37. The van der Waals surface area contributed by atoms with Crippen LogP contribution in [0.3, 0.4) is 0 Å². The number of nitrogens with one attached hydrogen (secondary N) is 1. The van der Waals surface area contributed by atoms with Crippen molar-refractivity contribution in [3.05, 3.63) is 89.0 Å². The fraction of sp³-hybridized carbons (Fsp3) is 0.192. The quantitative estimate of drug-likeness (QED) is 0.474. The topological polar surface area (TPSA) is 86.7 Å². The number of nitrogens with zero attached hydrogens (tertiary/aromatic N) is 1. The van der Waals surface area contributed by atoms with Crippen LogP contribution in [-0.4, -0.2) is 41.9 Å². The Morgan fingerprint density at radius 2 is 1.63 bits per heavy atom. The molecular weight excluding hydrogens is 461 g/mol. The molecule has 3 aromatic carbocycles. The lowest BCUT2D eigenvalue weighted by atomic mass is 9.94. The minimum absolute atomic E-state index is 0.0174. The zero-order chi connectivity index (χ0) is 25.8. The van der Waals surface area contributed by atoms with Gasteiger partial charge in [-0.05, 0) is 41.3 Å². The van der Waals surface area contributed by atoms with Crippen LogP contribution in [-0.2, 0) is 17.4 Å². The normalized spacial score (nSPS) is 11.1. The largest absolute Gasteiger partial charge is 0.481 e. The van der Waals surface area contributed by atoms with E-state index in [0.717, 1.165) is 6.07 Å². The molecule has 0 saturated heterocycles. The Morgan fingerprint density at radius 3 is 2.23 bits per heavy atom. The van der Waals surface area contributed by atoms with E-state index in [1.165, 1.54) is 49.3 Å². The molecule has 2 amide bonds. The number of alkyl halides is 3. The molecule has 0 saturated carbocycles. The van der Waals surface area contributed by atoms with Gasteiger partial charge in [-0.25, -0.2) is 0 Å². The number of amides is 2. The van der Waals surface area contributed by atoms with E-state index in [2.05, 4.69) is 5.32 Å². The second-order valence-electron chi connectivity index (χ2n) is 8.02. The molecule has 9 heteroatoms. The van der Waals surface area contributed by atoms with Gasteiger partial charge in [0.15, 0.2) is 0 Å². The van der Waals surface area contributed by atoms with E-state index in [0.29, 0.717) is 11.1 Å². The van der Waals surface area contributed by atoms with Crippen molar-refractivity contribution in [2.24, 2.45) is 0 Å². The van der Waals surface area contributed by atoms with Gasteiger partial charge in [0.05, 0.1) is 22.4 Å². The van der Waals surface area contributed by atoms with Crippen molar-refractivity contribution in [3.8, 4) is 11.1 Å². The smallest absolute Gasteiger partial charge is 0.417 e. The number of aliphatic carboxylic acids is 1. The number of carbonyl (C=O) groups is 3. The summed E-state index contributed by atoms with van der Waals surface area (Å²) in [5, 5.41) is 11.4. The van der Waals surface area contributed by atoms with Crippen LogP contribution in [0.15, 0.2) is 66.7 Å². The van der Waals surface area contributed by atoms with Crippen LogP contribution in [0, 0.1) is 0 Å². The number of carboxylic acid groups (broad SMARTS) is 1. The second kappa shape index (κ2) is 10.4. The maximum Gasteiger partial charge on any atom is 0.417 e. The Balaban J connectivity index is 2.09. The van der Waals surface area contributed by atoms with Gasteiger partial charge in [0, 0.05) is 20.5 Å². The Morgan fingerprint density at radius 1 is 0.943 bits per heavy atom. The maximum absolute atomic E-state index is 13.9. The first-order valence-corrected chi connectivity index (χ1v) is 10.6. The van der Waals surface area contributed by atoms with E-state index >= 15 is 0 Å². The van der Waals surface area contributed by atoms with Gasteiger partial charge in [0.1, 0.15) is 0 Å². The Labute approximate surface area is 200 Å². The molecule has 0 heterocycles. The highest BCUT2D eigenvalue weighted by Crippen LogP contribution is 2.37. The third-order valence-electron chi connectivity index (χ3n) is 5.28. The number of hydrogen-bond donors (Lipinski definition) is 2. The second-order valence-corrected chi connectivity index (χ2v) is 8.02. The summed E-state index contributed by atoms with van der Waals surface area (Å²) in [7, 11) is 2.98. The van der Waals surface area contributed by atoms with Crippen molar-refractivity contribution in [1.82, 2.24) is 4.90 Å². The van der Waals surface area contributed by atoms with E-state index < -0.39 is 35.1 Å². The number of anilines is 1. The zero-order valence-corrected chi connectivity index (χ0v) is 19.0. The summed E-state index contributed by atoms with van der Waals surface area (Å²) in [5.74, 6) is -2.53. The van der Waals surface area contributed by atoms with E-state index in [1.54, 1.807) is 30.3 Å². The lowest BCUT2D eigenvalue weighted by Crippen LogP contribution is -2.25. The molecule has 35 heavy (non-hydrogen) atoms. The van der Waals surface area contributed by atoms with E-state index in [4.69, 9.17) is 5.11 Å². The highest BCUT2D eigenvalue weighted by molar-refractivity contribution is 6.12. The number of hydrogen-bond acceptors (Lipinski definition) is 3. The molecule has 0 atom stereocenters. The number of carbonyl (C=O) groups excluding carboxylic acids is 2. The third kappa shape index (κ3) is 6.06. The average molecular weight is 484 g/mol. The van der Waals surface area contributed by atoms with Crippen LogP contribution in [0.5, 0.6) is 0 Å². The summed E-state index contributed by atoms with van der Waals surface area (Å²) in [4.78, 5) is 38.2. The van der Waals surface area contributed by atoms with Crippen molar-refractivity contribution in [1.29, 1.82) is 0 Å². The molecule has 0 aliphatic heterocycles. The number of aryl methyl sites for hydroxylation is 1. The number of benzene rings is 3. The first kappa shape index (κ1) is 25.5. The average Bonchev–Trinajstić information content (AvgIpc) is 2.82. The summed E-state index contributed by atoms with van der Waals surface area (Å²) in [5.41, 5.74) is -0.551. The third-order valence-corrected chi connectivity index (χ3v) is 5.28. The van der Waals surface area contributed by atoms with Gasteiger partial charge in [0.25, 0.3) is 11.8 Å². The summed E-state index contributed by atoms with van der Waals surface area (Å²) >= 11 is 0. The first-order valence-electron chi connectivity index (χ1n) is 10.6. The Bertz CT molecular complexity index is 1260. The van der Waals surface area contributed by atoms with E-state index in [1.807, 2.05) is 0 Å². The van der Waals surface area contributed by atoms with Crippen LogP contribution in [0.2, 0.25) is 0 Å². The molecule has 3 aromatic rings. The number of rotatable bonds is 7. The van der Waals surface area contributed by atoms with Crippen LogP contribution in [0.25, 0.3) is 11.1 Å². The van der Waals surface area contributed by atoms with Gasteiger partial charge in [-0.15, -0.1) is 0 Å². The predicted octanol–water partition coefficient (Wildman–Crippen LogP) is 5.34. The van der Waals surface area contributed by atoms with Crippen molar-refractivity contribution in [2.45, 2.75) is 19.0 Å². The lowest BCUT2D eigenvalue weighted by Gasteiger charge is -2.19. The summed E-state index contributed by atoms with van der Waals surface area (Å²) < 4.78 is 41.6. The van der Waals surface area contributed by atoms with Crippen LogP contribution < -0.4 is 5.32 Å². The standard InChI is InChI=1S/C26H23F3N2O4/c1-31(2)25(35)19-15-16(12-14-22(32)33)11-13-21(19)30-24(34)23-18(17-7-4-3-5-8-17)9-6-10-20(23)26(27,28)29/h3-11,13,15H,12,14H2,1-2H3,(H,30,34)(H,32,33). The molecule has 2 N–H and O–H groups in total. The van der Waals surface area contributed by atoms with Crippen molar-refractivity contribution in [3.63, 3.8) is 0 Å². The molecule has 0 aliphatic rings. The minimum atomic E-state index is -4.79. The van der Waals surface area contributed by atoms with Crippen LogP contribution >= 0.6 is 0 Å². The molecule has 3 rings (SSSR count). The molecule has 182 valence electrons. The Hall–Kier alpha value is -4.14. The summed E-state index contributed by atoms with van der Waals surface area (Å²) in [6, 6.07) is 16.1. The Kier molecular flexibility index (Phi) is 7.58. The van der Waals surface area contributed by atoms with Crippen molar-refractivity contribution >= 4 is 23.5 Å². The SMILES string of the molecule is CN(C)C(=O)c1cc(CCC(=O)O)ccc1NC(=O)c1c(-c2ccccc2)cccc1C(F)(F)F. The van der Waals surface area contributed by atoms with E-state index in [9.17, 15) is 27.6 Å². The predicted molar refractivity (Wildman–Crippen MR) is 125 cm³/mol. The molecule has 6 nitrogen and oxygen atoms in total.